The van der Waals surface area contributed by atoms with E-state index >= 15 is 0 Å². The molecule has 6 heteroatoms. The normalized spacial score (nSPS) is 10.5. The van der Waals surface area contributed by atoms with Crippen molar-refractivity contribution in [3.8, 4) is 29.4 Å². The molecule has 0 atom stereocenters. The fourth-order valence-electron chi connectivity index (χ4n) is 2.33. The van der Waals surface area contributed by atoms with E-state index in [9.17, 15) is 0 Å². The van der Waals surface area contributed by atoms with E-state index in [2.05, 4.69) is 21.1 Å². The van der Waals surface area contributed by atoms with Crippen LogP contribution >= 0.6 is 0 Å². The first kappa shape index (κ1) is 15.7. The van der Waals surface area contributed by atoms with Crippen LogP contribution in [0.4, 0.5) is 5.82 Å². The van der Waals surface area contributed by atoms with E-state index in [1.165, 1.54) is 0 Å². The van der Waals surface area contributed by atoms with E-state index in [1.54, 1.807) is 18.5 Å². The Morgan fingerprint density at radius 2 is 2.08 bits per heavy atom. The molecule has 0 saturated carbocycles. The second-order valence-corrected chi connectivity index (χ2v) is 4.97. The fraction of sp³-hybridized carbons (Fsp3) is 0.167. The van der Waals surface area contributed by atoms with Gasteiger partial charge < -0.3 is 15.2 Å². The number of fused-ring (bicyclic) bond motifs is 1. The van der Waals surface area contributed by atoms with E-state index < -0.39 is 0 Å². The lowest BCUT2D eigenvalue weighted by Gasteiger charge is -2.13. The molecule has 2 heterocycles. The Kier molecular flexibility index (Phi) is 4.54. The highest BCUT2D eigenvalue weighted by Crippen LogP contribution is 2.34. The summed E-state index contributed by atoms with van der Waals surface area (Å²) in [5.74, 6) is 3.51. The number of ether oxygens (including phenoxy) is 2. The number of nitrogen functional groups attached to an aromatic ring is 1. The summed E-state index contributed by atoms with van der Waals surface area (Å²) in [7, 11) is 0. The smallest absolute Gasteiger partial charge is 0.189 e. The molecule has 6 nitrogen and oxygen atoms in total. The van der Waals surface area contributed by atoms with Crippen LogP contribution in [0, 0.1) is 12.3 Å². The highest BCUT2D eigenvalue weighted by atomic mass is 16.7. The SMILES string of the molecule is C#Cc1ccc(-c2nnc(N)c3cnccc23)c(OCOCC)c1. The standard InChI is InChI=1S/C18H16N4O2/c1-3-12-5-6-14(16(9-12)24-11-23-4-2)17-13-7-8-20-10-15(13)18(19)22-21-17/h1,5-10H,4,11H2,2H3,(H2,19,22). The Morgan fingerprint density at radius 3 is 2.88 bits per heavy atom. The van der Waals surface area contributed by atoms with Gasteiger partial charge >= 0.3 is 0 Å². The topological polar surface area (TPSA) is 83.2 Å². The monoisotopic (exact) mass is 320 g/mol. The van der Waals surface area contributed by atoms with Crippen LogP contribution in [-0.2, 0) is 4.74 Å². The van der Waals surface area contributed by atoms with Crippen LogP contribution in [0.3, 0.4) is 0 Å². The summed E-state index contributed by atoms with van der Waals surface area (Å²) < 4.78 is 11.0. The summed E-state index contributed by atoms with van der Waals surface area (Å²) >= 11 is 0. The molecule has 120 valence electrons. The Labute approximate surface area is 139 Å². The lowest BCUT2D eigenvalue weighted by atomic mass is 10.0. The van der Waals surface area contributed by atoms with Crippen molar-refractivity contribution in [2.24, 2.45) is 0 Å². The average Bonchev–Trinajstić information content (AvgIpc) is 2.63. The van der Waals surface area contributed by atoms with Crippen LogP contribution in [0.25, 0.3) is 22.0 Å². The Hall–Kier alpha value is -3.17. The number of nitrogens with two attached hydrogens (primary N) is 1. The van der Waals surface area contributed by atoms with Crippen molar-refractivity contribution in [1.82, 2.24) is 15.2 Å². The van der Waals surface area contributed by atoms with Crippen molar-refractivity contribution in [3.05, 3.63) is 42.2 Å². The summed E-state index contributed by atoms with van der Waals surface area (Å²) in [5.41, 5.74) is 8.01. The van der Waals surface area contributed by atoms with Crippen molar-refractivity contribution in [2.45, 2.75) is 6.92 Å². The van der Waals surface area contributed by atoms with Crippen molar-refractivity contribution >= 4 is 16.6 Å². The summed E-state index contributed by atoms with van der Waals surface area (Å²) in [6.07, 6.45) is 8.83. The molecular formula is C18H16N4O2. The Morgan fingerprint density at radius 1 is 1.21 bits per heavy atom. The van der Waals surface area contributed by atoms with Gasteiger partial charge in [-0.1, -0.05) is 5.92 Å². The van der Waals surface area contributed by atoms with Crippen molar-refractivity contribution < 1.29 is 9.47 Å². The molecule has 0 aliphatic carbocycles. The summed E-state index contributed by atoms with van der Waals surface area (Å²) in [6, 6.07) is 7.31. The summed E-state index contributed by atoms with van der Waals surface area (Å²) in [5, 5.41) is 9.85. The second-order valence-electron chi connectivity index (χ2n) is 4.97. The lowest BCUT2D eigenvalue weighted by molar-refractivity contribution is 0.0227. The van der Waals surface area contributed by atoms with E-state index in [1.807, 2.05) is 25.1 Å². The van der Waals surface area contributed by atoms with Gasteiger partial charge in [-0.15, -0.1) is 16.6 Å². The number of pyridine rings is 1. The quantitative estimate of drug-likeness (QED) is 0.442. The highest BCUT2D eigenvalue weighted by Gasteiger charge is 2.14. The number of nitrogens with zero attached hydrogens (tertiary/aromatic N) is 3. The zero-order valence-corrected chi connectivity index (χ0v) is 13.2. The van der Waals surface area contributed by atoms with Gasteiger partial charge in [0.1, 0.15) is 11.4 Å². The maximum absolute atomic E-state index is 5.89. The largest absolute Gasteiger partial charge is 0.467 e. The van der Waals surface area contributed by atoms with Gasteiger partial charge in [0, 0.05) is 40.9 Å². The summed E-state index contributed by atoms with van der Waals surface area (Å²) in [4.78, 5) is 4.09. The first-order valence-corrected chi connectivity index (χ1v) is 7.42. The van der Waals surface area contributed by atoms with Gasteiger partial charge in [-0.05, 0) is 31.2 Å². The Balaban J connectivity index is 2.15. The zero-order valence-electron chi connectivity index (χ0n) is 13.2. The minimum atomic E-state index is 0.124. The number of terminal acetylenes is 1. The van der Waals surface area contributed by atoms with Crippen LogP contribution in [0.15, 0.2) is 36.7 Å². The van der Waals surface area contributed by atoms with Crippen LogP contribution in [0.5, 0.6) is 5.75 Å². The van der Waals surface area contributed by atoms with Crippen LogP contribution in [0.2, 0.25) is 0 Å². The lowest BCUT2D eigenvalue weighted by Crippen LogP contribution is -2.04. The number of hydrogen-bond acceptors (Lipinski definition) is 6. The van der Waals surface area contributed by atoms with E-state index in [0.29, 0.717) is 29.4 Å². The molecular weight excluding hydrogens is 304 g/mol. The van der Waals surface area contributed by atoms with Crippen molar-refractivity contribution in [3.63, 3.8) is 0 Å². The van der Waals surface area contributed by atoms with Gasteiger partial charge in [-0.2, -0.15) is 0 Å². The molecule has 0 aliphatic rings. The average molecular weight is 320 g/mol. The molecule has 0 bridgehead atoms. The molecule has 3 aromatic rings. The molecule has 0 spiro atoms. The molecule has 24 heavy (non-hydrogen) atoms. The molecule has 0 amide bonds. The predicted octanol–water partition coefficient (Wildman–Crippen LogP) is 2.63. The van der Waals surface area contributed by atoms with E-state index in [0.717, 1.165) is 16.3 Å². The van der Waals surface area contributed by atoms with Crippen LogP contribution in [0.1, 0.15) is 12.5 Å². The van der Waals surface area contributed by atoms with Crippen molar-refractivity contribution in [1.29, 1.82) is 0 Å². The number of rotatable bonds is 5. The maximum Gasteiger partial charge on any atom is 0.189 e. The number of benzene rings is 1. The Bertz CT molecular complexity index is 919. The third-order valence-electron chi connectivity index (χ3n) is 3.52. The van der Waals surface area contributed by atoms with Gasteiger partial charge in [0.25, 0.3) is 0 Å². The number of aromatic nitrogens is 3. The molecule has 3 rings (SSSR count). The third-order valence-corrected chi connectivity index (χ3v) is 3.52. The van der Waals surface area contributed by atoms with Crippen LogP contribution < -0.4 is 10.5 Å². The molecule has 0 aliphatic heterocycles. The molecule has 0 saturated heterocycles. The van der Waals surface area contributed by atoms with Gasteiger partial charge in [0.15, 0.2) is 12.6 Å². The third kappa shape index (κ3) is 2.98. The second kappa shape index (κ2) is 6.94. The summed E-state index contributed by atoms with van der Waals surface area (Å²) in [6.45, 7) is 2.58. The highest BCUT2D eigenvalue weighted by molar-refractivity contribution is 5.99. The van der Waals surface area contributed by atoms with Gasteiger partial charge in [-0.25, -0.2) is 0 Å². The van der Waals surface area contributed by atoms with Gasteiger partial charge in [0.2, 0.25) is 0 Å². The van der Waals surface area contributed by atoms with E-state index in [4.69, 9.17) is 21.6 Å². The minimum Gasteiger partial charge on any atom is -0.467 e. The predicted molar refractivity (Wildman–Crippen MR) is 92.2 cm³/mol. The van der Waals surface area contributed by atoms with E-state index in [-0.39, 0.29) is 6.79 Å². The minimum absolute atomic E-state index is 0.124. The first-order chi connectivity index (χ1) is 11.7. The maximum atomic E-state index is 5.89. The number of anilines is 1. The molecule has 0 unspecified atom stereocenters. The molecule has 2 N–H and O–H groups in total. The zero-order chi connectivity index (χ0) is 16.9. The van der Waals surface area contributed by atoms with Crippen LogP contribution in [-0.4, -0.2) is 28.6 Å². The first-order valence-electron chi connectivity index (χ1n) is 7.42. The fourth-order valence-corrected chi connectivity index (χ4v) is 2.33. The molecule has 1 aromatic carbocycles. The molecule has 0 radical (unpaired) electrons. The van der Waals surface area contributed by atoms with Crippen molar-refractivity contribution in [2.75, 3.05) is 19.1 Å². The number of hydrogen-bond donors (Lipinski definition) is 1. The van der Waals surface area contributed by atoms with Gasteiger partial charge in [-0.3, -0.25) is 4.98 Å². The molecule has 2 aromatic heterocycles. The molecule has 0 fully saturated rings. The van der Waals surface area contributed by atoms with Gasteiger partial charge in [0.05, 0.1) is 0 Å².